The summed E-state index contributed by atoms with van der Waals surface area (Å²) in [5, 5.41) is 0. The molecule has 10 atom stereocenters. The first kappa shape index (κ1) is 49.1. The van der Waals surface area contributed by atoms with Crippen molar-refractivity contribution >= 4 is 11.9 Å². The maximum Gasteiger partial charge on any atom is 0.310 e. The Labute approximate surface area is 412 Å². The zero-order chi connectivity index (χ0) is 49.1. The third kappa shape index (κ3) is 9.53. The second-order valence-corrected chi connectivity index (χ2v) is 19.4. The number of ether oxygens (including phenoxy) is 10. The number of carbonyl (C=O) groups is 2. The molecule has 4 aromatic rings. The number of benzene rings is 4. The second-order valence-electron chi connectivity index (χ2n) is 19.4. The van der Waals surface area contributed by atoms with Crippen LogP contribution in [0.3, 0.4) is 0 Å². The largest absolute Gasteiger partial charge is 0.493 e. The summed E-state index contributed by atoms with van der Waals surface area (Å²) in [5.74, 6) is 1.20. The average molecular weight is 963 g/mol. The Kier molecular flexibility index (Phi) is 15.2. The molecule has 376 valence electrons. The Morgan fingerprint density at radius 1 is 0.400 bits per heavy atom. The lowest BCUT2D eigenvalue weighted by atomic mass is 9.52. The summed E-state index contributed by atoms with van der Waals surface area (Å²) in [5.41, 5.74) is 3.81. The summed E-state index contributed by atoms with van der Waals surface area (Å²) in [7, 11) is 13.0. The van der Waals surface area contributed by atoms with Gasteiger partial charge in [-0.3, -0.25) is 19.4 Å². The molecule has 1 aliphatic carbocycles. The Hall–Kier alpha value is -5.86. The molecule has 14 nitrogen and oxygen atoms in total. The number of piperidine rings is 4. The van der Waals surface area contributed by atoms with E-state index in [1.54, 1.807) is 56.9 Å². The first-order valence-corrected chi connectivity index (χ1v) is 25.0. The molecule has 4 saturated heterocycles. The van der Waals surface area contributed by atoms with Crippen LogP contribution in [-0.4, -0.2) is 116 Å². The van der Waals surface area contributed by atoms with Crippen molar-refractivity contribution in [3.8, 4) is 46.0 Å². The minimum Gasteiger partial charge on any atom is -0.493 e. The molecule has 4 heterocycles. The standard InChI is InChI=1S/C56H70N2O12/c1-61-43-19-15-33(25-47(43)65-5)41-31-39(29-37-13-9-11-23-57(37)41)69-55(59)53-51(35-17-21-45(63-3)49(27-35)67-7)52(36-18-22-46(64-4)50(28-36)68-8)54(53)56(60)70-40-30-38-14-10-12-24-58(38)42(32-40)34-16-20-44(62-2)48(26-34)66-6/h15-22,25-28,37-42,51-54H,9-14,23-24,29-32H2,1-8H3. The highest BCUT2D eigenvalue weighted by Gasteiger charge is 2.61. The Balaban J connectivity index is 1.08. The van der Waals surface area contributed by atoms with E-state index < -0.39 is 47.8 Å². The van der Waals surface area contributed by atoms with Gasteiger partial charge >= 0.3 is 11.9 Å². The molecule has 4 aromatic carbocycles. The van der Waals surface area contributed by atoms with Crippen molar-refractivity contribution in [2.24, 2.45) is 11.8 Å². The van der Waals surface area contributed by atoms with E-state index in [1.165, 1.54) is 0 Å². The van der Waals surface area contributed by atoms with Crippen molar-refractivity contribution in [3.63, 3.8) is 0 Å². The highest BCUT2D eigenvalue weighted by molar-refractivity contribution is 5.87. The lowest BCUT2D eigenvalue weighted by Gasteiger charge is -2.52. The molecule has 70 heavy (non-hydrogen) atoms. The number of rotatable bonds is 16. The highest BCUT2D eigenvalue weighted by atomic mass is 16.6. The van der Waals surface area contributed by atoms with E-state index in [9.17, 15) is 0 Å². The summed E-state index contributed by atoms with van der Waals surface area (Å²) in [6.07, 6.45) is 8.25. The molecule has 14 heteroatoms. The minimum absolute atomic E-state index is 0.00997. The predicted octanol–water partition coefficient (Wildman–Crippen LogP) is 9.47. The van der Waals surface area contributed by atoms with Crippen LogP contribution in [0, 0.1) is 11.8 Å². The topological polar surface area (TPSA) is 133 Å². The zero-order valence-electron chi connectivity index (χ0n) is 42.0. The number of carbonyl (C=O) groups excluding carboxylic acids is 2. The summed E-state index contributed by atoms with van der Waals surface area (Å²) in [4.78, 5) is 36.1. The number of nitrogens with zero attached hydrogens (tertiary/aromatic N) is 2. The fourth-order valence-electron chi connectivity index (χ4n) is 12.7. The summed E-state index contributed by atoms with van der Waals surface area (Å²) >= 11 is 0. The van der Waals surface area contributed by atoms with E-state index in [-0.39, 0.29) is 24.2 Å². The van der Waals surface area contributed by atoms with Crippen LogP contribution < -0.4 is 37.9 Å². The molecular formula is C56H70N2O12. The molecule has 1 saturated carbocycles. The lowest BCUT2D eigenvalue weighted by Crippen LogP contribution is -2.55. The van der Waals surface area contributed by atoms with Gasteiger partial charge in [-0.25, -0.2) is 0 Å². The van der Waals surface area contributed by atoms with E-state index in [1.807, 2.05) is 60.7 Å². The third-order valence-electron chi connectivity index (χ3n) is 16.0. The van der Waals surface area contributed by atoms with Crippen molar-refractivity contribution in [2.75, 3.05) is 70.0 Å². The van der Waals surface area contributed by atoms with Crippen LogP contribution in [-0.2, 0) is 19.1 Å². The molecule has 0 amide bonds. The molecule has 0 aromatic heterocycles. The van der Waals surface area contributed by atoms with Crippen molar-refractivity contribution in [1.29, 1.82) is 0 Å². The van der Waals surface area contributed by atoms with Crippen LogP contribution in [0.5, 0.6) is 46.0 Å². The van der Waals surface area contributed by atoms with Crippen LogP contribution in [0.1, 0.15) is 110 Å². The minimum atomic E-state index is -0.885. The smallest absolute Gasteiger partial charge is 0.310 e. The fraction of sp³-hybridized carbons (Fsp3) is 0.536. The van der Waals surface area contributed by atoms with Gasteiger partial charge < -0.3 is 47.4 Å². The molecule has 10 unspecified atom stereocenters. The number of hydrogen-bond acceptors (Lipinski definition) is 14. The maximum absolute atomic E-state index is 15.5. The fourth-order valence-corrected chi connectivity index (χ4v) is 12.7. The van der Waals surface area contributed by atoms with E-state index >= 15 is 9.59 Å². The van der Waals surface area contributed by atoms with Crippen molar-refractivity contribution < 1.29 is 57.0 Å². The molecule has 0 N–H and O–H groups in total. The summed E-state index contributed by atoms with van der Waals surface area (Å²) in [6, 6.07) is 24.1. The average Bonchev–Trinajstić information content (AvgIpc) is 3.39. The molecule has 4 aliphatic heterocycles. The number of methoxy groups -OCH3 is 8. The first-order valence-electron chi connectivity index (χ1n) is 25.0. The van der Waals surface area contributed by atoms with E-state index in [4.69, 9.17) is 47.4 Å². The van der Waals surface area contributed by atoms with Gasteiger partial charge in [-0.2, -0.15) is 0 Å². The van der Waals surface area contributed by atoms with Crippen LogP contribution >= 0.6 is 0 Å². The van der Waals surface area contributed by atoms with Gasteiger partial charge in [0, 0.05) is 61.7 Å². The maximum atomic E-state index is 15.5. The molecule has 9 rings (SSSR count). The van der Waals surface area contributed by atoms with Gasteiger partial charge in [-0.05, 0) is 110 Å². The lowest BCUT2D eigenvalue weighted by molar-refractivity contribution is -0.183. The molecule has 5 fully saturated rings. The van der Waals surface area contributed by atoms with Crippen LogP contribution in [0.4, 0.5) is 0 Å². The van der Waals surface area contributed by atoms with Crippen molar-refractivity contribution in [1.82, 2.24) is 9.80 Å². The highest BCUT2D eigenvalue weighted by Crippen LogP contribution is 2.61. The van der Waals surface area contributed by atoms with Crippen LogP contribution in [0.2, 0.25) is 0 Å². The monoisotopic (exact) mass is 962 g/mol. The van der Waals surface area contributed by atoms with Gasteiger partial charge in [0.25, 0.3) is 0 Å². The van der Waals surface area contributed by atoms with E-state index in [0.717, 1.165) is 73.9 Å². The van der Waals surface area contributed by atoms with Crippen LogP contribution in [0.25, 0.3) is 0 Å². The number of hydrogen-bond donors (Lipinski definition) is 0. The van der Waals surface area contributed by atoms with Gasteiger partial charge in [0.1, 0.15) is 12.2 Å². The van der Waals surface area contributed by atoms with Gasteiger partial charge in [0.05, 0.1) is 68.7 Å². The van der Waals surface area contributed by atoms with Gasteiger partial charge in [0.2, 0.25) is 0 Å². The quantitative estimate of drug-likeness (QED) is 0.0988. The van der Waals surface area contributed by atoms with Crippen molar-refractivity contribution in [2.45, 2.75) is 112 Å². The molecule has 0 radical (unpaired) electrons. The third-order valence-corrected chi connectivity index (χ3v) is 16.0. The Bertz CT molecular complexity index is 2310. The number of esters is 2. The predicted molar refractivity (Wildman–Crippen MR) is 263 cm³/mol. The van der Waals surface area contributed by atoms with Crippen LogP contribution in [0.15, 0.2) is 72.8 Å². The molecule has 5 aliphatic rings. The van der Waals surface area contributed by atoms with E-state index in [2.05, 4.69) is 21.9 Å². The SMILES string of the molecule is COc1ccc(C2C(C(=O)OC3CC4CCCCN4C(c4ccc(OC)c(OC)c4)C3)C(C(=O)OC3CC4CCCCN4C(c4ccc(OC)c(OC)c4)C3)C2c2ccc(OC)c(OC)c2)cc1OC. The van der Waals surface area contributed by atoms with Gasteiger partial charge in [-0.1, -0.05) is 37.1 Å². The normalized spacial score (nSPS) is 27.6. The van der Waals surface area contributed by atoms with Gasteiger partial charge in [-0.15, -0.1) is 0 Å². The van der Waals surface area contributed by atoms with Crippen molar-refractivity contribution in [3.05, 3.63) is 95.1 Å². The molecule has 0 spiro atoms. The zero-order valence-corrected chi connectivity index (χ0v) is 42.0. The molecule has 0 bridgehead atoms. The second kappa shape index (κ2) is 21.6. The summed E-state index contributed by atoms with van der Waals surface area (Å²) in [6.45, 7) is 1.92. The van der Waals surface area contributed by atoms with E-state index in [0.29, 0.717) is 71.7 Å². The molecular weight excluding hydrogens is 893 g/mol. The number of fused-ring (bicyclic) bond motifs is 2. The van der Waals surface area contributed by atoms with Gasteiger partial charge in [0.15, 0.2) is 46.0 Å². The first-order chi connectivity index (χ1) is 34.1. The summed E-state index contributed by atoms with van der Waals surface area (Å²) < 4.78 is 59.4. The Morgan fingerprint density at radius 2 is 0.714 bits per heavy atom. The Morgan fingerprint density at radius 3 is 1.04 bits per heavy atom.